The van der Waals surface area contributed by atoms with Crippen molar-refractivity contribution in [2.75, 3.05) is 11.9 Å². The molecule has 4 nitrogen and oxygen atoms in total. The van der Waals surface area contributed by atoms with Gasteiger partial charge in [-0.05, 0) is 44.2 Å². The Kier molecular flexibility index (Phi) is 5.92. The SMILES string of the molecule is Cc1cc(C)cc(C(=O)OCC(=O)Nc2cc(C(F)(F)F)ccc2Cl)c1. The quantitative estimate of drug-likeness (QED) is 0.771. The second-order valence-electron chi connectivity index (χ2n) is 5.69. The minimum absolute atomic E-state index is 0.0630. The number of benzene rings is 2. The first-order valence-electron chi connectivity index (χ1n) is 7.48. The molecule has 0 atom stereocenters. The van der Waals surface area contributed by atoms with Gasteiger partial charge in [0.15, 0.2) is 6.61 Å². The van der Waals surface area contributed by atoms with Crippen molar-refractivity contribution in [1.82, 2.24) is 0 Å². The van der Waals surface area contributed by atoms with Crippen LogP contribution in [0.2, 0.25) is 5.02 Å². The Balaban J connectivity index is 2.02. The zero-order valence-electron chi connectivity index (χ0n) is 13.9. The first-order valence-corrected chi connectivity index (χ1v) is 7.86. The second-order valence-corrected chi connectivity index (χ2v) is 6.10. The van der Waals surface area contributed by atoms with Gasteiger partial charge in [0, 0.05) is 0 Å². The summed E-state index contributed by atoms with van der Waals surface area (Å²) < 4.78 is 43.0. The monoisotopic (exact) mass is 385 g/mol. The van der Waals surface area contributed by atoms with E-state index >= 15 is 0 Å². The molecule has 138 valence electrons. The normalized spacial score (nSPS) is 11.2. The van der Waals surface area contributed by atoms with Crippen molar-refractivity contribution in [3.05, 3.63) is 63.7 Å². The zero-order valence-corrected chi connectivity index (χ0v) is 14.7. The van der Waals surface area contributed by atoms with Crippen molar-refractivity contribution in [2.45, 2.75) is 20.0 Å². The lowest BCUT2D eigenvalue weighted by Crippen LogP contribution is -2.21. The number of amides is 1. The summed E-state index contributed by atoms with van der Waals surface area (Å²) >= 11 is 5.79. The second kappa shape index (κ2) is 7.78. The molecule has 0 aliphatic rings. The number of nitrogens with one attached hydrogen (secondary N) is 1. The Bertz CT molecular complexity index is 830. The summed E-state index contributed by atoms with van der Waals surface area (Å²) in [5, 5.41) is 2.14. The number of halogens is 4. The number of hydrogen-bond donors (Lipinski definition) is 1. The van der Waals surface area contributed by atoms with E-state index in [1.165, 1.54) is 0 Å². The molecule has 0 fully saturated rings. The van der Waals surface area contributed by atoms with E-state index in [1.54, 1.807) is 12.1 Å². The molecule has 0 spiro atoms. The molecule has 0 bridgehead atoms. The van der Waals surface area contributed by atoms with E-state index in [-0.39, 0.29) is 16.3 Å². The number of aryl methyl sites for hydroxylation is 2. The lowest BCUT2D eigenvalue weighted by Gasteiger charge is -2.12. The molecule has 2 aromatic carbocycles. The van der Waals surface area contributed by atoms with Gasteiger partial charge in [-0.2, -0.15) is 13.2 Å². The van der Waals surface area contributed by atoms with Crippen LogP contribution in [0.25, 0.3) is 0 Å². The highest BCUT2D eigenvalue weighted by molar-refractivity contribution is 6.33. The maximum absolute atomic E-state index is 12.7. The molecular formula is C18H15ClF3NO3. The standard InChI is InChI=1S/C18H15ClF3NO3/c1-10-5-11(2)7-12(6-10)17(25)26-9-16(24)23-15-8-13(18(20,21)22)3-4-14(15)19/h3-8H,9H2,1-2H3,(H,23,24). The number of ether oxygens (including phenoxy) is 1. The van der Waals surface area contributed by atoms with Gasteiger partial charge in [-0.1, -0.05) is 28.8 Å². The van der Waals surface area contributed by atoms with E-state index in [1.807, 2.05) is 19.9 Å². The predicted octanol–water partition coefficient (Wildman–Crippen LogP) is 4.77. The van der Waals surface area contributed by atoms with Gasteiger partial charge in [0.1, 0.15) is 0 Å². The first kappa shape index (κ1) is 19.8. The zero-order chi connectivity index (χ0) is 19.5. The maximum Gasteiger partial charge on any atom is 0.416 e. The summed E-state index contributed by atoms with van der Waals surface area (Å²) in [4.78, 5) is 23.8. The van der Waals surface area contributed by atoms with Crippen molar-refractivity contribution in [3.8, 4) is 0 Å². The van der Waals surface area contributed by atoms with E-state index in [9.17, 15) is 22.8 Å². The Labute approximate surface area is 152 Å². The van der Waals surface area contributed by atoms with Crippen LogP contribution in [-0.2, 0) is 15.7 Å². The lowest BCUT2D eigenvalue weighted by atomic mass is 10.1. The minimum Gasteiger partial charge on any atom is -0.452 e. The molecule has 0 saturated heterocycles. The van der Waals surface area contributed by atoms with Gasteiger partial charge < -0.3 is 10.1 Å². The topological polar surface area (TPSA) is 55.4 Å². The third-order valence-corrected chi connectivity index (χ3v) is 3.69. The highest BCUT2D eigenvalue weighted by Crippen LogP contribution is 2.33. The summed E-state index contributed by atoms with van der Waals surface area (Å²) in [6.07, 6.45) is -4.57. The highest BCUT2D eigenvalue weighted by atomic mass is 35.5. The van der Waals surface area contributed by atoms with Crippen LogP contribution >= 0.6 is 11.6 Å². The molecule has 0 radical (unpaired) electrons. The first-order chi connectivity index (χ1) is 12.1. The van der Waals surface area contributed by atoms with Crippen LogP contribution in [0, 0.1) is 13.8 Å². The molecule has 1 amide bonds. The van der Waals surface area contributed by atoms with Gasteiger partial charge in [0.2, 0.25) is 0 Å². The van der Waals surface area contributed by atoms with Gasteiger partial charge in [0.25, 0.3) is 5.91 Å². The molecule has 0 heterocycles. The van der Waals surface area contributed by atoms with Gasteiger partial charge in [-0.25, -0.2) is 4.79 Å². The average molecular weight is 386 g/mol. The van der Waals surface area contributed by atoms with Crippen molar-refractivity contribution in [3.63, 3.8) is 0 Å². The fourth-order valence-corrected chi connectivity index (χ4v) is 2.46. The molecule has 0 saturated carbocycles. The summed E-state index contributed by atoms with van der Waals surface area (Å²) in [6.45, 7) is 2.97. The Morgan fingerprint density at radius 1 is 1.08 bits per heavy atom. The molecule has 0 aliphatic carbocycles. The van der Waals surface area contributed by atoms with Crippen molar-refractivity contribution >= 4 is 29.2 Å². The number of carbonyl (C=O) groups excluding carboxylic acids is 2. The van der Waals surface area contributed by atoms with Crippen molar-refractivity contribution in [2.24, 2.45) is 0 Å². The van der Waals surface area contributed by atoms with Crippen LogP contribution < -0.4 is 5.32 Å². The number of esters is 1. The van der Waals surface area contributed by atoms with Crippen LogP contribution in [0.3, 0.4) is 0 Å². The fraction of sp³-hybridized carbons (Fsp3) is 0.222. The summed E-state index contributed by atoms with van der Waals surface area (Å²) in [5.41, 5.74) is 0.833. The molecule has 2 aromatic rings. The molecule has 8 heteroatoms. The number of carbonyl (C=O) groups is 2. The van der Waals surface area contributed by atoms with E-state index in [0.29, 0.717) is 6.07 Å². The number of hydrogen-bond acceptors (Lipinski definition) is 3. The van der Waals surface area contributed by atoms with Crippen molar-refractivity contribution < 1.29 is 27.5 Å². The van der Waals surface area contributed by atoms with Crippen LogP contribution in [0.5, 0.6) is 0 Å². The summed E-state index contributed by atoms with van der Waals surface area (Å²) in [7, 11) is 0. The van der Waals surface area contributed by atoms with Crippen LogP contribution in [-0.4, -0.2) is 18.5 Å². The predicted molar refractivity (Wildman–Crippen MR) is 91.3 cm³/mol. The lowest BCUT2D eigenvalue weighted by molar-refractivity contribution is -0.137. The van der Waals surface area contributed by atoms with Crippen LogP contribution in [0.15, 0.2) is 36.4 Å². The summed E-state index contributed by atoms with van der Waals surface area (Å²) in [6, 6.07) is 7.64. The van der Waals surface area contributed by atoms with Gasteiger partial charge in [-0.15, -0.1) is 0 Å². The Hall–Kier alpha value is -2.54. The van der Waals surface area contributed by atoms with Crippen LogP contribution in [0.1, 0.15) is 27.0 Å². The van der Waals surface area contributed by atoms with Crippen LogP contribution in [0.4, 0.5) is 18.9 Å². The molecule has 0 aromatic heterocycles. The van der Waals surface area contributed by atoms with E-state index in [0.717, 1.165) is 23.3 Å². The number of anilines is 1. The molecular weight excluding hydrogens is 371 g/mol. The third kappa shape index (κ3) is 5.23. The fourth-order valence-electron chi connectivity index (χ4n) is 2.29. The molecule has 2 rings (SSSR count). The smallest absolute Gasteiger partial charge is 0.416 e. The third-order valence-electron chi connectivity index (χ3n) is 3.36. The van der Waals surface area contributed by atoms with E-state index in [2.05, 4.69) is 5.32 Å². The molecule has 0 unspecified atom stereocenters. The Morgan fingerprint density at radius 3 is 2.27 bits per heavy atom. The largest absolute Gasteiger partial charge is 0.452 e. The van der Waals surface area contributed by atoms with Gasteiger partial charge >= 0.3 is 12.1 Å². The Morgan fingerprint density at radius 2 is 1.69 bits per heavy atom. The van der Waals surface area contributed by atoms with Gasteiger partial charge in [0.05, 0.1) is 21.8 Å². The average Bonchev–Trinajstić information content (AvgIpc) is 2.52. The van der Waals surface area contributed by atoms with E-state index < -0.39 is 30.2 Å². The highest BCUT2D eigenvalue weighted by Gasteiger charge is 2.31. The minimum atomic E-state index is -4.57. The number of alkyl halides is 3. The summed E-state index contributed by atoms with van der Waals surface area (Å²) in [5.74, 6) is -1.51. The molecule has 1 N–H and O–H groups in total. The van der Waals surface area contributed by atoms with E-state index in [4.69, 9.17) is 16.3 Å². The maximum atomic E-state index is 12.7. The number of rotatable bonds is 4. The molecule has 0 aliphatic heterocycles. The van der Waals surface area contributed by atoms with Crippen molar-refractivity contribution in [1.29, 1.82) is 0 Å². The molecule has 26 heavy (non-hydrogen) atoms. The van der Waals surface area contributed by atoms with Gasteiger partial charge in [-0.3, -0.25) is 4.79 Å².